The third-order valence-electron chi connectivity index (χ3n) is 2.20. The van der Waals surface area contributed by atoms with Gasteiger partial charge in [0.2, 0.25) is 5.91 Å². The predicted octanol–water partition coefficient (Wildman–Crippen LogP) is 0.755. The number of carbonyl (C=O) groups excluding carboxylic acids is 2. The van der Waals surface area contributed by atoms with Gasteiger partial charge in [-0.1, -0.05) is 0 Å². The van der Waals surface area contributed by atoms with Crippen molar-refractivity contribution < 1.29 is 14.3 Å². The van der Waals surface area contributed by atoms with Gasteiger partial charge >= 0.3 is 6.09 Å². The maximum atomic E-state index is 11.6. The molecule has 0 rings (SSSR count). The fourth-order valence-electron chi connectivity index (χ4n) is 1.39. The van der Waals surface area contributed by atoms with Crippen LogP contribution in [0.2, 0.25) is 0 Å². The minimum Gasteiger partial charge on any atom is -0.444 e. The zero-order chi connectivity index (χ0) is 14.2. The van der Waals surface area contributed by atoms with Crippen molar-refractivity contribution in [2.45, 2.75) is 51.7 Å². The number of carbonyl (C=O) groups is 2. The van der Waals surface area contributed by atoms with Crippen LogP contribution in [-0.2, 0) is 9.53 Å². The average Bonchev–Trinajstić information content (AvgIpc) is 2.24. The van der Waals surface area contributed by atoms with Gasteiger partial charge in [0.05, 0.1) is 0 Å². The van der Waals surface area contributed by atoms with Crippen LogP contribution >= 0.6 is 0 Å². The topological polar surface area (TPSA) is 93.5 Å². The summed E-state index contributed by atoms with van der Waals surface area (Å²) in [5.41, 5.74) is 4.82. The normalized spacial score (nSPS) is 12.7. The van der Waals surface area contributed by atoms with E-state index in [1.807, 2.05) is 0 Å². The molecule has 4 N–H and O–H groups in total. The van der Waals surface area contributed by atoms with Gasteiger partial charge in [-0.25, -0.2) is 4.79 Å². The lowest BCUT2D eigenvalue weighted by Crippen LogP contribution is -2.47. The molecule has 0 aromatic heterocycles. The molecule has 0 aliphatic heterocycles. The highest BCUT2D eigenvalue weighted by Gasteiger charge is 2.23. The van der Waals surface area contributed by atoms with E-state index < -0.39 is 17.7 Å². The van der Waals surface area contributed by atoms with E-state index in [1.165, 1.54) is 7.05 Å². The lowest BCUT2D eigenvalue weighted by Gasteiger charge is -2.23. The molecule has 0 spiro atoms. The summed E-state index contributed by atoms with van der Waals surface area (Å²) in [5.74, 6) is -0.224. The second kappa shape index (κ2) is 7.92. The predicted molar refractivity (Wildman–Crippen MR) is 70.1 cm³/mol. The van der Waals surface area contributed by atoms with E-state index >= 15 is 0 Å². The summed E-state index contributed by atoms with van der Waals surface area (Å²) in [6.45, 7) is 5.90. The Balaban J connectivity index is 4.31. The molecule has 2 amide bonds. The van der Waals surface area contributed by atoms with Gasteiger partial charge in [0, 0.05) is 7.05 Å². The summed E-state index contributed by atoms with van der Waals surface area (Å²) in [5, 5.41) is 5.09. The van der Waals surface area contributed by atoms with Crippen LogP contribution in [0.4, 0.5) is 4.79 Å². The van der Waals surface area contributed by atoms with Crippen LogP contribution < -0.4 is 16.4 Å². The van der Waals surface area contributed by atoms with Crippen molar-refractivity contribution in [3.8, 4) is 0 Å². The Labute approximate surface area is 109 Å². The van der Waals surface area contributed by atoms with Gasteiger partial charge in [-0.2, -0.15) is 0 Å². The first-order chi connectivity index (χ1) is 8.30. The summed E-state index contributed by atoms with van der Waals surface area (Å²) < 4.78 is 5.11. The van der Waals surface area contributed by atoms with E-state index in [4.69, 9.17) is 10.5 Å². The summed E-state index contributed by atoms with van der Waals surface area (Å²) in [6.07, 6.45) is 1.58. The van der Waals surface area contributed by atoms with Gasteiger partial charge in [0.1, 0.15) is 11.6 Å². The molecule has 0 aliphatic rings. The van der Waals surface area contributed by atoms with Crippen LogP contribution in [-0.4, -0.2) is 37.2 Å². The molecule has 0 aromatic rings. The number of alkyl carbamates (subject to hydrolysis) is 1. The number of ether oxygens (including phenoxy) is 1. The number of nitrogens with two attached hydrogens (primary N) is 1. The van der Waals surface area contributed by atoms with Gasteiger partial charge in [0.15, 0.2) is 0 Å². The Morgan fingerprint density at radius 2 is 1.89 bits per heavy atom. The monoisotopic (exact) mass is 259 g/mol. The first-order valence-electron chi connectivity index (χ1n) is 6.21. The smallest absolute Gasteiger partial charge is 0.408 e. The molecule has 106 valence electrons. The van der Waals surface area contributed by atoms with Crippen molar-refractivity contribution in [3.63, 3.8) is 0 Å². The molecule has 0 fully saturated rings. The molecule has 0 radical (unpaired) electrons. The van der Waals surface area contributed by atoms with Gasteiger partial charge in [0.25, 0.3) is 0 Å². The minimum absolute atomic E-state index is 0.224. The van der Waals surface area contributed by atoms with Crippen LogP contribution in [0, 0.1) is 0 Å². The third-order valence-corrected chi connectivity index (χ3v) is 2.20. The fourth-order valence-corrected chi connectivity index (χ4v) is 1.39. The molecule has 18 heavy (non-hydrogen) atoms. The first kappa shape index (κ1) is 16.7. The highest BCUT2D eigenvalue weighted by atomic mass is 16.6. The van der Waals surface area contributed by atoms with Crippen LogP contribution in [0.1, 0.15) is 40.0 Å². The molecule has 0 heterocycles. The number of nitrogens with one attached hydrogen (secondary N) is 2. The average molecular weight is 259 g/mol. The second-order valence-corrected chi connectivity index (χ2v) is 5.10. The molecular formula is C12H25N3O3. The van der Waals surface area contributed by atoms with Crippen molar-refractivity contribution in [1.29, 1.82) is 0 Å². The highest BCUT2D eigenvalue weighted by Crippen LogP contribution is 2.08. The Kier molecular flexibility index (Phi) is 7.35. The number of rotatable bonds is 6. The largest absolute Gasteiger partial charge is 0.444 e. The molecule has 0 aliphatic carbocycles. The molecule has 1 atom stereocenters. The molecule has 0 bridgehead atoms. The van der Waals surface area contributed by atoms with E-state index in [-0.39, 0.29) is 5.91 Å². The van der Waals surface area contributed by atoms with Crippen molar-refractivity contribution in [2.75, 3.05) is 13.6 Å². The van der Waals surface area contributed by atoms with E-state index in [2.05, 4.69) is 10.6 Å². The molecule has 0 saturated carbocycles. The van der Waals surface area contributed by atoms with Gasteiger partial charge in [-0.3, -0.25) is 4.79 Å². The van der Waals surface area contributed by atoms with Gasteiger partial charge in [-0.15, -0.1) is 0 Å². The fraction of sp³-hybridized carbons (Fsp3) is 0.833. The molecule has 6 heteroatoms. The summed E-state index contributed by atoms with van der Waals surface area (Å²) in [6, 6.07) is -0.573. The highest BCUT2D eigenvalue weighted by molar-refractivity contribution is 5.85. The zero-order valence-electron chi connectivity index (χ0n) is 11.7. The van der Waals surface area contributed by atoms with Crippen LogP contribution in [0.3, 0.4) is 0 Å². The Morgan fingerprint density at radius 3 is 2.33 bits per heavy atom. The molecule has 0 unspecified atom stereocenters. The van der Waals surface area contributed by atoms with Crippen LogP contribution in [0.25, 0.3) is 0 Å². The van der Waals surface area contributed by atoms with E-state index in [0.29, 0.717) is 13.0 Å². The summed E-state index contributed by atoms with van der Waals surface area (Å²) in [7, 11) is 1.54. The maximum Gasteiger partial charge on any atom is 0.408 e. The molecule has 0 aromatic carbocycles. The lowest BCUT2D eigenvalue weighted by atomic mass is 10.1. The molecule has 0 saturated heterocycles. The van der Waals surface area contributed by atoms with E-state index in [0.717, 1.165) is 12.8 Å². The standard InChI is InChI=1S/C12H25N3O3/c1-12(2,3)18-11(17)15-9(10(16)14-4)7-5-6-8-13/h9H,5-8,13H2,1-4H3,(H,14,16)(H,15,17)/t9-/m0/s1. The third kappa shape index (κ3) is 7.89. The lowest BCUT2D eigenvalue weighted by molar-refractivity contribution is -0.122. The second-order valence-electron chi connectivity index (χ2n) is 5.10. The minimum atomic E-state index is -0.580. The maximum absolute atomic E-state index is 11.6. The number of amides is 2. The van der Waals surface area contributed by atoms with E-state index in [1.54, 1.807) is 20.8 Å². The van der Waals surface area contributed by atoms with Crippen LogP contribution in [0.15, 0.2) is 0 Å². The summed E-state index contributed by atoms with van der Waals surface area (Å²) >= 11 is 0. The Bertz CT molecular complexity index is 274. The summed E-state index contributed by atoms with van der Waals surface area (Å²) in [4.78, 5) is 23.2. The van der Waals surface area contributed by atoms with Crippen molar-refractivity contribution in [2.24, 2.45) is 5.73 Å². The van der Waals surface area contributed by atoms with Crippen molar-refractivity contribution in [1.82, 2.24) is 10.6 Å². The Hall–Kier alpha value is -1.30. The first-order valence-corrected chi connectivity index (χ1v) is 6.21. The van der Waals surface area contributed by atoms with Crippen molar-refractivity contribution in [3.05, 3.63) is 0 Å². The number of hydrogen-bond acceptors (Lipinski definition) is 4. The molecular weight excluding hydrogens is 234 g/mol. The van der Waals surface area contributed by atoms with Crippen LogP contribution in [0.5, 0.6) is 0 Å². The van der Waals surface area contributed by atoms with Gasteiger partial charge in [-0.05, 0) is 46.6 Å². The SMILES string of the molecule is CNC(=O)[C@H](CCCCN)NC(=O)OC(C)(C)C. The van der Waals surface area contributed by atoms with Crippen molar-refractivity contribution >= 4 is 12.0 Å². The number of hydrogen-bond donors (Lipinski definition) is 3. The van der Waals surface area contributed by atoms with E-state index in [9.17, 15) is 9.59 Å². The Morgan fingerprint density at radius 1 is 1.28 bits per heavy atom. The number of unbranched alkanes of at least 4 members (excludes halogenated alkanes) is 1. The molecule has 6 nitrogen and oxygen atoms in total. The quantitative estimate of drug-likeness (QED) is 0.614. The number of likely N-dealkylation sites (N-methyl/N-ethyl adjacent to an activating group) is 1. The van der Waals surface area contributed by atoms with Gasteiger partial charge < -0.3 is 21.1 Å². The zero-order valence-corrected chi connectivity index (χ0v) is 11.7.